The maximum absolute atomic E-state index is 11.9. The molecule has 0 aromatic carbocycles. The lowest BCUT2D eigenvalue weighted by Gasteiger charge is -2.27. The molecule has 0 spiro atoms. The van der Waals surface area contributed by atoms with E-state index in [9.17, 15) is 4.79 Å². The highest BCUT2D eigenvalue weighted by Crippen LogP contribution is 2.26. The molecule has 0 saturated heterocycles. The Kier molecular flexibility index (Phi) is 8.31. The second kappa shape index (κ2) is 9.45. The molecular formula is C18H34O2Si. The van der Waals surface area contributed by atoms with Crippen molar-refractivity contribution in [2.24, 2.45) is 0 Å². The van der Waals surface area contributed by atoms with Gasteiger partial charge in [-0.2, -0.15) is 0 Å². The van der Waals surface area contributed by atoms with Gasteiger partial charge >= 0.3 is 5.97 Å². The molecule has 2 nitrogen and oxygen atoms in total. The van der Waals surface area contributed by atoms with Crippen LogP contribution in [0.5, 0.6) is 0 Å². The lowest BCUT2D eigenvalue weighted by Crippen LogP contribution is -2.29. The number of carbonyl (C=O) groups excluding carboxylic acids is 1. The number of cyclic esters (lactones) is 1. The summed E-state index contributed by atoms with van der Waals surface area (Å²) in [5.74, 6) is 0.0207. The molecule has 122 valence electrons. The number of esters is 1. The van der Waals surface area contributed by atoms with Crippen LogP contribution in [0.15, 0.2) is 11.3 Å². The molecule has 1 atom stereocenters. The van der Waals surface area contributed by atoms with Gasteiger partial charge in [-0.3, -0.25) is 4.79 Å². The number of rotatable bonds is 6. The molecule has 0 aromatic heterocycles. The van der Waals surface area contributed by atoms with Crippen LogP contribution >= 0.6 is 0 Å². The largest absolute Gasteiger partial charge is 0.462 e. The van der Waals surface area contributed by atoms with E-state index in [0.29, 0.717) is 6.42 Å². The molecule has 0 aliphatic carbocycles. The van der Waals surface area contributed by atoms with E-state index in [1.807, 2.05) is 0 Å². The maximum Gasteiger partial charge on any atom is 0.306 e. The first-order valence-corrected chi connectivity index (χ1v) is 12.3. The minimum absolute atomic E-state index is 0.0207. The number of hydrogen-bond donors (Lipinski definition) is 0. The molecule has 0 fully saturated rings. The van der Waals surface area contributed by atoms with Crippen molar-refractivity contribution in [1.82, 2.24) is 0 Å². The molecule has 3 heteroatoms. The van der Waals surface area contributed by atoms with E-state index >= 15 is 0 Å². The van der Waals surface area contributed by atoms with E-state index < -0.39 is 8.07 Å². The van der Waals surface area contributed by atoms with Gasteiger partial charge in [0.05, 0.1) is 8.07 Å². The van der Waals surface area contributed by atoms with Crippen LogP contribution in [-0.2, 0) is 9.53 Å². The van der Waals surface area contributed by atoms with E-state index in [2.05, 4.69) is 32.6 Å². The molecule has 0 amide bonds. The van der Waals surface area contributed by atoms with E-state index in [1.165, 1.54) is 25.7 Å². The summed E-state index contributed by atoms with van der Waals surface area (Å²) in [5.41, 5.74) is 0. The monoisotopic (exact) mass is 310 g/mol. The molecule has 0 bridgehead atoms. The Balaban J connectivity index is 2.68. The Hall–Kier alpha value is -0.573. The third kappa shape index (κ3) is 7.84. The molecule has 1 aliphatic heterocycles. The molecular weight excluding hydrogens is 276 g/mol. The lowest BCUT2D eigenvalue weighted by molar-refractivity contribution is -0.149. The molecule has 0 N–H and O–H groups in total. The van der Waals surface area contributed by atoms with Crippen molar-refractivity contribution in [3.8, 4) is 0 Å². The Bertz CT molecular complexity index is 342. The first-order valence-electron chi connectivity index (χ1n) is 8.82. The molecule has 0 aromatic rings. The normalized spacial score (nSPS) is 24.1. The fourth-order valence-electron chi connectivity index (χ4n) is 2.88. The van der Waals surface area contributed by atoms with Gasteiger partial charge in [-0.25, -0.2) is 0 Å². The second-order valence-corrected chi connectivity index (χ2v) is 12.5. The SMILES string of the molecule is CCCCCCC1C/C([Si](C)(C)C)=C\CCCCC(=O)O1. The Morgan fingerprint density at radius 3 is 2.62 bits per heavy atom. The number of carbonyl (C=O) groups is 1. The highest BCUT2D eigenvalue weighted by atomic mass is 28.3. The van der Waals surface area contributed by atoms with Crippen LogP contribution in [0, 0.1) is 0 Å². The zero-order valence-corrected chi connectivity index (χ0v) is 15.5. The topological polar surface area (TPSA) is 26.3 Å². The number of allylic oxidation sites excluding steroid dienone is 1. The molecule has 1 unspecified atom stereocenters. The smallest absolute Gasteiger partial charge is 0.306 e. The third-order valence-corrected chi connectivity index (χ3v) is 6.65. The molecule has 21 heavy (non-hydrogen) atoms. The zero-order valence-electron chi connectivity index (χ0n) is 14.5. The summed E-state index contributed by atoms with van der Waals surface area (Å²) in [6, 6.07) is 0. The van der Waals surface area contributed by atoms with Crippen LogP contribution in [-0.4, -0.2) is 20.1 Å². The fourth-order valence-corrected chi connectivity index (χ4v) is 4.47. The predicted octanol–water partition coefficient (Wildman–Crippen LogP) is 5.64. The Morgan fingerprint density at radius 2 is 1.95 bits per heavy atom. The highest BCUT2D eigenvalue weighted by molar-refractivity contribution is 6.83. The van der Waals surface area contributed by atoms with Crippen LogP contribution in [0.4, 0.5) is 0 Å². The molecule has 1 rings (SSSR count). The van der Waals surface area contributed by atoms with E-state index in [-0.39, 0.29) is 12.1 Å². The second-order valence-electron chi connectivity index (χ2n) is 7.39. The fraction of sp³-hybridized carbons (Fsp3) is 0.833. The van der Waals surface area contributed by atoms with Gasteiger partial charge in [-0.1, -0.05) is 57.1 Å². The maximum atomic E-state index is 11.9. The van der Waals surface area contributed by atoms with Crippen molar-refractivity contribution in [1.29, 1.82) is 0 Å². The molecule has 0 saturated carbocycles. The van der Waals surface area contributed by atoms with Gasteiger partial charge in [0.1, 0.15) is 6.10 Å². The predicted molar refractivity (Wildman–Crippen MR) is 93.2 cm³/mol. The number of ether oxygens (including phenoxy) is 1. The van der Waals surface area contributed by atoms with Gasteiger partial charge in [0.15, 0.2) is 0 Å². The van der Waals surface area contributed by atoms with Crippen LogP contribution in [0.1, 0.15) is 71.1 Å². The average molecular weight is 311 g/mol. The van der Waals surface area contributed by atoms with Crippen LogP contribution < -0.4 is 0 Å². The van der Waals surface area contributed by atoms with E-state index in [1.54, 1.807) is 5.20 Å². The van der Waals surface area contributed by atoms with Crippen molar-refractivity contribution in [2.75, 3.05) is 0 Å². The molecule has 0 radical (unpaired) electrons. The quantitative estimate of drug-likeness (QED) is 0.361. The van der Waals surface area contributed by atoms with Crippen molar-refractivity contribution in [3.63, 3.8) is 0 Å². The standard InChI is InChI=1S/C18H34O2Si/c1-5-6-7-9-12-16-15-17(21(2,3)4)13-10-8-11-14-18(19)20-16/h13,16H,5-12,14-15H2,1-4H3/b17-13+. The minimum atomic E-state index is -1.30. The summed E-state index contributed by atoms with van der Waals surface area (Å²) in [6.45, 7) is 9.44. The summed E-state index contributed by atoms with van der Waals surface area (Å²) in [7, 11) is -1.30. The lowest BCUT2D eigenvalue weighted by atomic mass is 10.0. The summed E-state index contributed by atoms with van der Waals surface area (Å²) < 4.78 is 5.77. The van der Waals surface area contributed by atoms with Crippen LogP contribution in [0.25, 0.3) is 0 Å². The first kappa shape index (κ1) is 18.5. The van der Waals surface area contributed by atoms with Gasteiger partial charge in [0.25, 0.3) is 0 Å². The number of unbranched alkanes of at least 4 members (excludes halogenated alkanes) is 3. The highest BCUT2D eigenvalue weighted by Gasteiger charge is 2.25. The van der Waals surface area contributed by atoms with E-state index in [4.69, 9.17) is 4.74 Å². The Labute approximate surface area is 132 Å². The van der Waals surface area contributed by atoms with Crippen molar-refractivity contribution < 1.29 is 9.53 Å². The van der Waals surface area contributed by atoms with E-state index in [0.717, 1.165) is 32.1 Å². The summed E-state index contributed by atoms with van der Waals surface area (Å²) in [4.78, 5) is 11.9. The van der Waals surface area contributed by atoms with Gasteiger partial charge in [-0.05, 0) is 32.1 Å². The van der Waals surface area contributed by atoms with Crippen LogP contribution in [0.2, 0.25) is 19.6 Å². The summed E-state index contributed by atoms with van der Waals surface area (Å²) in [5, 5.41) is 1.60. The summed E-state index contributed by atoms with van der Waals surface area (Å²) >= 11 is 0. The number of hydrogen-bond acceptors (Lipinski definition) is 2. The van der Waals surface area contributed by atoms with Gasteiger partial charge in [0.2, 0.25) is 0 Å². The minimum Gasteiger partial charge on any atom is -0.462 e. The van der Waals surface area contributed by atoms with Gasteiger partial charge in [0, 0.05) is 12.8 Å². The first-order chi connectivity index (χ1) is 9.93. The van der Waals surface area contributed by atoms with Crippen molar-refractivity contribution in [3.05, 3.63) is 11.3 Å². The van der Waals surface area contributed by atoms with Gasteiger partial charge in [-0.15, -0.1) is 0 Å². The zero-order chi connectivity index (χ0) is 15.7. The average Bonchev–Trinajstić information content (AvgIpc) is 2.40. The van der Waals surface area contributed by atoms with Crippen molar-refractivity contribution >= 4 is 14.0 Å². The van der Waals surface area contributed by atoms with Crippen molar-refractivity contribution in [2.45, 2.75) is 96.9 Å². The summed E-state index contributed by atoms with van der Waals surface area (Å²) in [6.07, 6.45) is 13.4. The molecule has 1 heterocycles. The third-order valence-electron chi connectivity index (χ3n) is 4.31. The molecule has 1 aliphatic rings. The van der Waals surface area contributed by atoms with Crippen LogP contribution in [0.3, 0.4) is 0 Å². The Morgan fingerprint density at radius 1 is 1.19 bits per heavy atom. The van der Waals surface area contributed by atoms with Gasteiger partial charge < -0.3 is 4.74 Å².